The second-order valence-corrected chi connectivity index (χ2v) is 6.76. The van der Waals surface area contributed by atoms with Gasteiger partial charge in [-0.05, 0) is 43.2 Å². The zero-order valence-electron chi connectivity index (χ0n) is 17.0. The van der Waals surface area contributed by atoms with Crippen LogP contribution in [0.5, 0.6) is 0 Å². The average molecular weight is 510 g/mol. The van der Waals surface area contributed by atoms with Crippen molar-refractivity contribution in [1.82, 2.24) is 20.6 Å². The first-order valence-electron chi connectivity index (χ1n) is 9.47. The van der Waals surface area contributed by atoms with Gasteiger partial charge in [-0.25, -0.2) is 14.4 Å². The number of hydrogen-bond donors (Lipinski definition) is 3. The molecule has 0 aliphatic carbocycles. The van der Waals surface area contributed by atoms with Crippen molar-refractivity contribution >= 4 is 46.7 Å². The Balaban J connectivity index is 0.00000300. The van der Waals surface area contributed by atoms with Crippen molar-refractivity contribution in [2.45, 2.75) is 19.9 Å². The molecule has 0 amide bonds. The predicted octanol–water partition coefficient (Wildman–Crippen LogP) is 3.68. The fourth-order valence-electron chi connectivity index (χ4n) is 3.14. The molecule has 0 radical (unpaired) electrons. The molecular weight excluding hydrogens is 482 g/mol. The van der Waals surface area contributed by atoms with Crippen molar-refractivity contribution in [3.8, 4) is 0 Å². The summed E-state index contributed by atoms with van der Waals surface area (Å²) in [5.74, 6) is 1.45. The Morgan fingerprint density at radius 1 is 1.21 bits per heavy atom. The maximum Gasteiger partial charge on any atom is 0.191 e. The normalized spacial score (nSPS) is 11.2. The summed E-state index contributed by atoms with van der Waals surface area (Å²) in [5.41, 5.74) is 3.10. The van der Waals surface area contributed by atoms with Gasteiger partial charge >= 0.3 is 0 Å². The Kier molecular flexibility index (Phi) is 8.69. The third-order valence-electron chi connectivity index (χ3n) is 4.46. The SMILES string of the molecule is CCNC(=NCc1cccnc1N(C)C)NCCc1c[nH]c2ccc(F)cc12.I. The zero-order chi connectivity index (χ0) is 19.9. The molecular formula is C21H28FIN6. The molecule has 0 spiro atoms. The molecule has 3 N–H and O–H groups in total. The van der Waals surface area contributed by atoms with Gasteiger partial charge in [-0.2, -0.15) is 0 Å². The summed E-state index contributed by atoms with van der Waals surface area (Å²) in [6.07, 6.45) is 4.49. The van der Waals surface area contributed by atoms with Crippen molar-refractivity contribution in [2.24, 2.45) is 4.99 Å². The highest BCUT2D eigenvalue weighted by atomic mass is 127. The molecule has 0 unspecified atom stereocenters. The van der Waals surface area contributed by atoms with Gasteiger partial charge < -0.3 is 20.5 Å². The van der Waals surface area contributed by atoms with Crippen LogP contribution in [-0.4, -0.2) is 43.1 Å². The maximum atomic E-state index is 13.5. The standard InChI is InChI=1S/C21H27FN6.HI/c1-4-23-21(27-14-16-6-5-10-24-20(16)28(2)3)25-11-9-15-13-26-19-8-7-17(22)12-18(15)19;/h5-8,10,12-13,26H,4,9,11,14H2,1-3H3,(H2,23,25,27);1H. The van der Waals surface area contributed by atoms with Crippen LogP contribution >= 0.6 is 24.0 Å². The summed E-state index contributed by atoms with van der Waals surface area (Å²) >= 11 is 0. The number of halogens is 2. The molecule has 29 heavy (non-hydrogen) atoms. The highest BCUT2D eigenvalue weighted by molar-refractivity contribution is 14.0. The monoisotopic (exact) mass is 510 g/mol. The molecule has 0 bridgehead atoms. The third-order valence-corrected chi connectivity index (χ3v) is 4.46. The van der Waals surface area contributed by atoms with E-state index < -0.39 is 0 Å². The number of guanidine groups is 1. The summed E-state index contributed by atoms with van der Waals surface area (Å²) in [6.45, 7) is 4.05. The van der Waals surface area contributed by atoms with E-state index in [0.717, 1.165) is 46.8 Å². The first-order valence-corrected chi connectivity index (χ1v) is 9.47. The van der Waals surface area contributed by atoms with E-state index in [-0.39, 0.29) is 29.8 Å². The van der Waals surface area contributed by atoms with Crippen molar-refractivity contribution in [1.29, 1.82) is 0 Å². The van der Waals surface area contributed by atoms with Crippen LogP contribution in [0.3, 0.4) is 0 Å². The van der Waals surface area contributed by atoms with Gasteiger partial charge in [0.25, 0.3) is 0 Å². The summed E-state index contributed by atoms with van der Waals surface area (Å²) in [4.78, 5) is 14.3. The van der Waals surface area contributed by atoms with Crippen LogP contribution in [0.1, 0.15) is 18.1 Å². The molecule has 0 fully saturated rings. The van der Waals surface area contributed by atoms with Crippen LogP contribution in [0, 0.1) is 5.82 Å². The fourth-order valence-corrected chi connectivity index (χ4v) is 3.14. The lowest BCUT2D eigenvalue weighted by Crippen LogP contribution is -2.38. The second kappa shape index (κ2) is 11.0. The number of aromatic amines is 1. The van der Waals surface area contributed by atoms with E-state index >= 15 is 0 Å². The molecule has 6 nitrogen and oxygen atoms in total. The number of hydrogen-bond acceptors (Lipinski definition) is 3. The highest BCUT2D eigenvalue weighted by Crippen LogP contribution is 2.19. The van der Waals surface area contributed by atoms with Crippen molar-refractivity contribution < 1.29 is 4.39 Å². The first kappa shape index (κ1) is 22.9. The lowest BCUT2D eigenvalue weighted by atomic mass is 10.1. The minimum atomic E-state index is -0.218. The van der Waals surface area contributed by atoms with Gasteiger partial charge in [0.2, 0.25) is 0 Å². The highest BCUT2D eigenvalue weighted by Gasteiger charge is 2.07. The molecule has 2 heterocycles. The molecule has 0 aliphatic heterocycles. The number of aliphatic imine (C=N–C) groups is 1. The van der Waals surface area contributed by atoms with Crippen LogP contribution in [0.2, 0.25) is 0 Å². The van der Waals surface area contributed by atoms with E-state index in [1.54, 1.807) is 18.3 Å². The van der Waals surface area contributed by atoms with Crippen LogP contribution in [-0.2, 0) is 13.0 Å². The van der Waals surface area contributed by atoms with Gasteiger partial charge in [0.15, 0.2) is 5.96 Å². The van der Waals surface area contributed by atoms with Gasteiger partial charge in [-0.1, -0.05) is 6.07 Å². The summed E-state index contributed by atoms with van der Waals surface area (Å²) < 4.78 is 13.5. The Morgan fingerprint density at radius 2 is 2.03 bits per heavy atom. The summed E-state index contributed by atoms with van der Waals surface area (Å²) in [5, 5.41) is 7.55. The molecule has 1 aromatic carbocycles. The van der Waals surface area contributed by atoms with Gasteiger partial charge in [0, 0.05) is 56.0 Å². The molecule has 3 rings (SSSR count). The fraction of sp³-hybridized carbons (Fsp3) is 0.333. The molecule has 0 saturated carbocycles. The van der Waals surface area contributed by atoms with E-state index in [1.165, 1.54) is 6.07 Å². The minimum Gasteiger partial charge on any atom is -0.362 e. The largest absolute Gasteiger partial charge is 0.362 e. The third kappa shape index (κ3) is 6.06. The van der Waals surface area contributed by atoms with Crippen LogP contribution in [0.25, 0.3) is 10.9 Å². The van der Waals surface area contributed by atoms with Crippen LogP contribution in [0.15, 0.2) is 47.7 Å². The minimum absolute atomic E-state index is 0. The Morgan fingerprint density at radius 3 is 2.79 bits per heavy atom. The lowest BCUT2D eigenvalue weighted by molar-refractivity contribution is 0.629. The molecule has 8 heteroatoms. The number of nitrogens with zero attached hydrogens (tertiary/aromatic N) is 3. The molecule has 156 valence electrons. The molecule has 0 aliphatic rings. The number of benzene rings is 1. The molecule has 0 saturated heterocycles. The lowest BCUT2D eigenvalue weighted by Gasteiger charge is -2.15. The van der Waals surface area contributed by atoms with E-state index in [2.05, 4.69) is 25.6 Å². The van der Waals surface area contributed by atoms with E-state index in [1.807, 2.05) is 44.2 Å². The average Bonchev–Trinajstić information content (AvgIpc) is 3.08. The Labute approximate surface area is 188 Å². The quantitative estimate of drug-likeness (QED) is 0.258. The van der Waals surface area contributed by atoms with Crippen molar-refractivity contribution in [3.63, 3.8) is 0 Å². The zero-order valence-corrected chi connectivity index (χ0v) is 19.3. The summed E-state index contributed by atoms with van der Waals surface area (Å²) in [7, 11) is 3.95. The number of aromatic nitrogens is 2. The number of pyridine rings is 1. The first-order chi connectivity index (χ1) is 13.6. The van der Waals surface area contributed by atoms with E-state index in [9.17, 15) is 4.39 Å². The Bertz CT molecular complexity index is 953. The molecule has 0 atom stereocenters. The van der Waals surface area contributed by atoms with Crippen molar-refractivity contribution in [3.05, 3.63) is 59.7 Å². The summed E-state index contributed by atoms with van der Waals surface area (Å²) in [6, 6.07) is 8.77. The van der Waals surface area contributed by atoms with Crippen LogP contribution in [0.4, 0.5) is 10.2 Å². The van der Waals surface area contributed by atoms with Gasteiger partial charge in [-0.15, -0.1) is 24.0 Å². The van der Waals surface area contributed by atoms with E-state index in [0.29, 0.717) is 13.1 Å². The van der Waals surface area contributed by atoms with Gasteiger partial charge in [0.1, 0.15) is 11.6 Å². The second-order valence-electron chi connectivity index (χ2n) is 6.76. The number of rotatable bonds is 7. The number of anilines is 1. The number of fused-ring (bicyclic) bond motifs is 1. The van der Waals surface area contributed by atoms with Gasteiger partial charge in [0.05, 0.1) is 6.54 Å². The van der Waals surface area contributed by atoms with Gasteiger partial charge in [-0.3, -0.25) is 0 Å². The van der Waals surface area contributed by atoms with Crippen molar-refractivity contribution in [2.75, 3.05) is 32.1 Å². The maximum absolute atomic E-state index is 13.5. The van der Waals surface area contributed by atoms with Crippen LogP contribution < -0.4 is 15.5 Å². The number of nitrogens with one attached hydrogen (secondary N) is 3. The van der Waals surface area contributed by atoms with E-state index in [4.69, 9.17) is 0 Å². The molecule has 2 aromatic heterocycles. The Hall–Kier alpha value is -2.36. The smallest absolute Gasteiger partial charge is 0.191 e. The molecule has 3 aromatic rings. The topological polar surface area (TPSA) is 68.3 Å². The predicted molar refractivity (Wildman–Crippen MR) is 129 cm³/mol. The number of H-pyrrole nitrogens is 1.